The Morgan fingerprint density at radius 2 is 1.64 bits per heavy atom. The van der Waals surface area contributed by atoms with Crippen LogP contribution in [0, 0.1) is 5.92 Å². The lowest BCUT2D eigenvalue weighted by molar-refractivity contribution is 0.223. The quantitative estimate of drug-likeness (QED) is 0.466. The van der Waals surface area contributed by atoms with Crippen LogP contribution in [-0.4, -0.2) is 30.5 Å². The van der Waals surface area contributed by atoms with Gasteiger partial charge in [0.1, 0.15) is 0 Å². The van der Waals surface area contributed by atoms with E-state index in [0.717, 1.165) is 5.56 Å². The van der Waals surface area contributed by atoms with E-state index in [2.05, 4.69) is 5.32 Å². The first-order chi connectivity index (χ1) is 11.5. The molecule has 3 atom stereocenters. The van der Waals surface area contributed by atoms with Crippen molar-refractivity contribution < 1.29 is 28.7 Å². The van der Waals surface area contributed by atoms with Crippen LogP contribution in [0.4, 0.5) is 0 Å². The molecule has 0 aromatic heterocycles. The minimum atomic E-state index is -5.06. The molecule has 25 heavy (non-hydrogen) atoms. The molecule has 1 aliphatic carbocycles. The number of nitrogens with one attached hydrogen (secondary N) is 1. The van der Waals surface area contributed by atoms with Crippen LogP contribution in [-0.2, 0) is 9.13 Å². The third-order valence-electron chi connectivity index (χ3n) is 5.41. The van der Waals surface area contributed by atoms with Crippen molar-refractivity contribution in [1.82, 2.24) is 5.32 Å². The summed E-state index contributed by atoms with van der Waals surface area (Å²) in [7, 11) is -10.1. The highest BCUT2D eigenvalue weighted by Crippen LogP contribution is 2.76. The Hall–Kier alpha value is 0.0600. The maximum Gasteiger partial charge on any atom is 0.345 e. The lowest BCUT2D eigenvalue weighted by Crippen LogP contribution is -2.52. The van der Waals surface area contributed by atoms with Crippen molar-refractivity contribution in [2.24, 2.45) is 5.92 Å². The molecule has 5 N–H and O–H groups in total. The minimum absolute atomic E-state index is 0.195. The molecular formula is C14H19Cl2NO6P2. The summed E-state index contributed by atoms with van der Waals surface area (Å²) < 4.78 is 24.2. The second kappa shape index (κ2) is 6.59. The third-order valence-corrected chi connectivity index (χ3v) is 10.7. The zero-order valence-corrected chi connectivity index (χ0v) is 16.3. The Bertz CT molecular complexity index is 757. The fraction of sp³-hybridized carbons (Fsp3) is 0.571. The average Bonchev–Trinajstić information content (AvgIpc) is 2.89. The molecule has 0 amide bonds. The molecule has 0 bridgehead atoms. The Morgan fingerprint density at radius 3 is 2.20 bits per heavy atom. The van der Waals surface area contributed by atoms with Crippen molar-refractivity contribution in [3.63, 3.8) is 0 Å². The van der Waals surface area contributed by atoms with E-state index in [1.165, 1.54) is 0 Å². The Kier molecular flexibility index (Phi) is 5.22. The van der Waals surface area contributed by atoms with E-state index in [4.69, 9.17) is 23.2 Å². The van der Waals surface area contributed by atoms with E-state index in [0.29, 0.717) is 29.3 Å². The summed E-state index contributed by atoms with van der Waals surface area (Å²) in [5, 5.41) is 3.84. The zero-order chi connectivity index (χ0) is 18.6. The van der Waals surface area contributed by atoms with Gasteiger partial charge in [-0.1, -0.05) is 29.3 Å². The first-order valence-corrected chi connectivity index (χ1v) is 11.8. The van der Waals surface area contributed by atoms with Gasteiger partial charge < -0.3 is 24.9 Å². The van der Waals surface area contributed by atoms with E-state index in [1.54, 1.807) is 18.2 Å². The number of benzene rings is 1. The fourth-order valence-corrected chi connectivity index (χ4v) is 7.97. The largest absolute Gasteiger partial charge is 0.345 e. The highest BCUT2D eigenvalue weighted by atomic mass is 35.5. The summed E-state index contributed by atoms with van der Waals surface area (Å²) in [6.45, 7) is 0. The molecule has 3 unspecified atom stereocenters. The molecule has 0 radical (unpaired) electrons. The Labute approximate surface area is 155 Å². The number of rotatable bonds is 3. The first kappa shape index (κ1) is 19.8. The Balaban J connectivity index is 1.99. The smallest absolute Gasteiger partial charge is 0.324 e. The molecule has 2 fully saturated rings. The number of hydrogen-bond donors (Lipinski definition) is 5. The zero-order valence-electron chi connectivity index (χ0n) is 13.0. The molecule has 1 saturated carbocycles. The van der Waals surface area contributed by atoms with Crippen LogP contribution in [0.3, 0.4) is 0 Å². The van der Waals surface area contributed by atoms with Crippen LogP contribution in [0.25, 0.3) is 0 Å². The van der Waals surface area contributed by atoms with Gasteiger partial charge in [-0.15, -0.1) is 0 Å². The van der Waals surface area contributed by atoms with Crippen LogP contribution in [0.2, 0.25) is 10.0 Å². The molecular weight excluding hydrogens is 411 g/mol. The molecule has 1 aromatic rings. The van der Waals surface area contributed by atoms with E-state index >= 15 is 0 Å². The van der Waals surface area contributed by atoms with Gasteiger partial charge >= 0.3 is 15.2 Å². The predicted octanol–water partition coefficient (Wildman–Crippen LogP) is 3.25. The molecule has 1 aromatic carbocycles. The second-order valence-electron chi connectivity index (χ2n) is 6.71. The standard InChI is InChI=1S/C14H19Cl2NO6P2/c15-10-3-1-9(7-11(10)16)12-4-2-8-5-6-14(13(8)17-12,24(18,19)20)25(21,22)23/h1,3,7-8,12-13,17H,2,4-6H2,(H2,18,19,20)(H2,21,22,23). The SMILES string of the molecule is O=P(O)(O)C1(P(=O)(O)O)CCC2CCC(c3ccc(Cl)c(Cl)c3)NC21. The molecule has 0 spiro atoms. The van der Waals surface area contributed by atoms with E-state index < -0.39 is 26.1 Å². The molecule has 1 saturated heterocycles. The number of hydrogen-bond acceptors (Lipinski definition) is 3. The molecule has 1 heterocycles. The summed E-state index contributed by atoms with van der Waals surface area (Å²) in [5.74, 6) is -0.195. The van der Waals surface area contributed by atoms with Crippen LogP contribution >= 0.6 is 38.4 Å². The maximum absolute atomic E-state index is 12.1. The van der Waals surface area contributed by atoms with Crippen molar-refractivity contribution >= 4 is 38.4 Å². The van der Waals surface area contributed by atoms with Crippen molar-refractivity contribution in [2.75, 3.05) is 0 Å². The third kappa shape index (κ3) is 3.25. The summed E-state index contributed by atoms with van der Waals surface area (Å²) in [6.07, 6.45) is 1.45. The molecule has 11 heteroatoms. The summed E-state index contributed by atoms with van der Waals surface area (Å²) in [4.78, 5) is 36.9. The van der Waals surface area contributed by atoms with Gasteiger partial charge in [0.15, 0.2) is 4.90 Å². The van der Waals surface area contributed by atoms with Crippen molar-refractivity contribution in [2.45, 2.75) is 42.7 Å². The van der Waals surface area contributed by atoms with Gasteiger partial charge in [-0.25, -0.2) is 0 Å². The van der Waals surface area contributed by atoms with Crippen molar-refractivity contribution in [3.8, 4) is 0 Å². The van der Waals surface area contributed by atoms with Gasteiger partial charge in [-0.2, -0.15) is 0 Å². The van der Waals surface area contributed by atoms with Gasteiger partial charge in [0.05, 0.1) is 10.0 Å². The topological polar surface area (TPSA) is 127 Å². The number of halogens is 2. The maximum atomic E-state index is 12.1. The van der Waals surface area contributed by atoms with Gasteiger partial charge in [0, 0.05) is 12.1 Å². The summed E-state index contributed by atoms with van der Waals surface area (Å²) in [5.41, 5.74) is 0.769. The first-order valence-electron chi connectivity index (χ1n) is 7.79. The van der Waals surface area contributed by atoms with Gasteiger partial charge in [-0.3, -0.25) is 9.13 Å². The lowest BCUT2D eigenvalue weighted by Gasteiger charge is -2.43. The summed E-state index contributed by atoms with van der Waals surface area (Å²) >= 11 is 12.0. The number of fused-ring (bicyclic) bond motifs is 1. The lowest BCUT2D eigenvalue weighted by atomic mass is 9.87. The molecule has 1 aliphatic heterocycles. The van der Waals surface area contributed by atoms with Crippen LogP contribution < -0.4 is 5.32 Å². The van der Waals surface area contributed by atoms with Crippen molar-refractivity contribution in [1.29, 1.82) is 0 Å². The second-order valence-corrected chi connectivity index (χ2v) is 11.7. The van der Waals surface area contributed by atoms with E-state index in [-0.39, 0.29) is 18.4 Å². The van der Waals surface area contributed by atoms with Crippen molar-refractivity contribution in [3.05, 3.63) is 33.8 Å². The van der Waals surface area contributed by atoms with E-state index in [1.807, 2.05) is 0 Å². The van der Waals surface area contributed by atoms with E-state index in [9.17, 15) is 28.7 Å². The average molecular weight is 430 g/mol. The number of piperidine rings is 1. The normalized spacial score (nSPS) is 29.4. The minimum Gasteiger partial charge on any atom is -0.324 e. The fourth-order valence-electron chi connectivity index (χ4n) is 4.17. The van der Waals surface area contributed by atoms with Crippen LogP contribution in [0.1, 0.15) is 37.3 Å². The monoisotopic (exact) mass is 429 g/mol. The summed E-state index contributed by atoms with van der Waals surface area (Å²) in [6, 6.07) is 3.75. The van der Waals surface area contributed by atoms with Crippen LogP contribution in [0.15, 0.2) is 18.2 Å². The molecule has 3 rings (SSSR count). The highest BCUT2D eigenvalue weighted by Gasteiger charge is 2.69. The van der Waals surface area contributed by atoms with Gasteiger partial charge in [0.2, 0.25) is 0 Å². The Morgan fingerprint density at radius 1 is 1.00 bits per heavy atom. The molecule has 140 valence electrons. The van der Waals surface area contributed by atoms with Gasteiger partial charge in [0.25, 0.3) is 0 Å². The molecule has 7 nitrogen and oxygen atoms in total. The van der Waals surface area contributed by atoms with Gasteiger partial charge in [-0.05, 0) is 49.3 Å². The van der Waals surface area contributed by atoms with Crippen LogP contribution in [0.5, 0.6) is 0 Å². The predicted molar refractivity (Wildman–Crippen MR) is 94.9 cm³/mol. The molecule has 2 aliphatic rings. The highest BCUT2D eigenvalue weighted by molar-refractivity contribution is 7.72.